The van der Waals surface area contributed by atoms with Gasteiger partial charge < -0.3 is 15.1 Å². The number of nitrogens with zero attached hydrogens (tertiary/aromatic N) is 2. The standard InChI is InChI=1S/C17H22N2O3/c20-15(12-19-5-7-22-8-6-19)10-13-9-14(11-18-21)17-4-2-1-3-16(13)17/h1-4,9,11,13,15,20-21H,5-8,10,12H2/b18-11-/t13-,15-/m1/s1. The first-order valence-electron chi connectivity index (χ1n) is 7.74. The SMILES string of the molecule is O/N=C\C1=C[C@H](C[C@@H](O)CN2CCOCC2)c2ccccc21. The Morgan fingerprint density at radius 1 is 1.32 bits per heavy atom. The van der Waals surface area contributed by atoms with Crippen LogP contribution in [-0.4, -0.2) is 60.4 Å². The zero-order valence-corrected chi connectivity index (χ0v) is 12.6. The van der Waals surface area contributed by atoms with Gasteiger partial charge in [-0.15, -0.1) is 0 Å². The van der Waals surface area contributed by atoms with E-state index in [0.29, 0.717) is 13.0 Å². The maximum Gasteiger partial charge on any atom is 0.0736 e. The summed E-state index contributed by atoms with van der Waals surface area (Å²) in [5.41, 5.74) is 3.20. The number of β-amino-alcohol motifs (C(OH)–C–C–N with tert-alkyl or cyclic N) is 1. The van der Waals surface area contributed by atoms with Gasteiger partial charge in [-0.1, -0.05) is 35.5 Å². The summed E-state index contributed by atoms with van der Waals surface area (Å²) in [5.74, 6) is 0.167. The van der Waals surface area contributed by atoms with E-state index in [1.54, 1.807) is 0 Å². The van der Waals surface area contributed by atoms with Crippen LogP contribution in [-0.2, 0) is 4.74 Å². The predicted octanol–water partition coefficient (Wildman–Crippen LogP) is 1.71. The van der Waals surface area contributed by atoms with Crippen LogP contribution in [0.3, 0.4) is 0 Å². The van der Waals surface area contributed by atoms with E-state index in [-0.39, 0.29) is 12.0 Å². The van der Waals surface area contributed by atoms with E-state index in [2.05, 4.69) is 22.2 Å². The molecule has 118 valence electrons. The van der Waals surface area contributed by atoms with Gasteiger partial charge in [-0.3, -0.25) is 4.90 Å². The molecular weight excluding hydrogens is 280 g/mol. The molecule has 1 aliphatic carbocycles. The summed E-state index contributed by atoms with van der Waals surface area (Å²) in [4.78, 5) is 2.24. The summed E-state index contributed by atoms with van der Waals surface area (Å²) in [5, 5.41) is 22.4. The second-order valence-corrected chi connectivity index (χ2v) is 5.86. The van der Waals surface area contributed by atoms with Crippen LogP contribution in [0.2, 0.25) is 0 Å². The summed E-state index contributed by atoms with van der Waals surface area (Å²) in [7, 11) is 0. The smallest absolute Gasteiger partial charge is 0.0736 e. The average Bonchev–Trinajstić information content (AvgIpc) is 2.87. The molecule has 0 saturated carbocycles. The normalized spacial score (nSPS) is 23.5. The Bertz CT molecular complexity index is 565. The number of rotatable bonds is 5. The lowest BCUT2D eigenvalue weighted by Crippen LogP contribution is -2.41. The number of ether oxygens (including phenoxy) is 1. The fourth-order valence-electron chi connectivity index (χ4n) is 3.30. The Kier molecular flexibility index (Phi) is 4.87. The molecular formula is C17H22N2O3. The third kappa shape index (κ3) is 3.38. The number of allylic oxidation sites excluding steroid dienone is 2. The van der Waals surface area contributed by atoms with Crippen molar-refractivity contribution in [2.75, 3.05) is 32.8 Å². The molecule has 0 radical (unpaired) electrons. The molecule has 1 heterocycles. The molecule has 0 bridgehead atoms. The van der Waals surface area contributed by atoms with Crippen molar-refractivity contribution in [1.82, 2.24) is 4.90 Å². The number of aliphatic hydroxyl groups is 1. The van der Waals surface area contributed by atoms with E-state index < -0.39 is 0 Å². The average molecular weight is 302 g/mol. The topological polar surface area (TPSA) is 65.3 Å². The molecule has 2 N–H and O–H groups in total. The summed E-state index contributed by atoms with van der Waals surface area (Å²) in [6, 6.07) is 8.09. The summed E-state index contributed by atoms with van der Waals surface area (Å²) in [6.07, 6.45) is 3.84. The van der Waals surface area contributed by atoms with E-state index in [9.17, 15) is 5.11 Å². The molecule has 5 heteroatoms. The Hall–Kier alpha value is -1.69. The third-order valence-corrected chi connectivity index (χ3v) is 4.35. The van der Waals surface area contributed by atoms with Gasteiger partial charge in [-0.2, -0.15) is 0 Å². The summed E-state index contributed by atoms with van der Waals surface area (Å²) >= 11 is 0. The van der Waals surface area contributed by atoms with Crippen molar-refractivity contribution in [2.45, 2.75) is 18.4 Å². The van der Waals surface area contributed by atoms with Crippen molar-refractivity contribution >= 4 is 11.8 Å². The lowest BCUT2D eigenvalue weighted by Gasteiger charge is -2.29. The maximum absolute atomic E-state index is 10.4. The van der Waals surface area contributed by atoms with Gasteiger partial charge in [0.15, 0.2) is 0 Å². The van der Waals surface area contributed by atoms with Crippen molar-refractivity contribution in [1.29, 1.82) is 0 Å². The Morgan fingerprint density at radius 2 is 2.09 bits per heavy atom. The number of oxime groups is 1. The van der Waals surface area contributed by atoms with Gasteiger partial charge in [-0.25, -0.2) is 0 Å². The minimum absolute atomic E-state index is 0.167. The molecule has 0 aromatic heterocycles. The Balaban J connectivity index is 1.66. The van der Waals surface area contributed by atoms with E-state index in [4.69, 9.17) is 9.94 Å². The summed E-state index contributed by atoms with van der Waals surface area (Å²) in [6.45, 7) is 3.94. The van der Waals surface area contributed by atoms with Crippen LogP contribution < -0.4 is 0 Å². The van der Waals surface area contributed by atoms with Crippen LogP contribution in [0.25, 0.3) is 5.57 Å². The largest absolute Gasteiger partial charge is 0.411 e. The molecule has 1 saturated heterocycles. The number of benzene rings is 1. The molecule has 3 rings (SSSR count). The zero-order valence-electron chi connectivity index (χ0n) is 12.6. The zero-order chi connectivity index (χ0) is 15.4. The van der Waals surface area contributed by atoms with Crippen molar-refractivity contribution in [3.05, 3.63) is 41.5 Å². The van der Waals surface area contributed by atoms with Gasteiger partial charge in [0.25, 0.3) is 0 Å². The fourth-order valence-corrected chi connectivity index (χ4v) is 3.30. The number of morpholine rings is 1. The van der Waals surface area contributed by atoms with Crippen LogP contribution >= 0.6 is 0 Å². The van der Waals surface area contributed by atoms with E-state index in [1.807, 2.05) is 18.2 Å². The highest BCUT2D eigenvalue weighted by atomic mass is 16.5. The highest BCUT2D eigenvalue weighted by Gasteiger charge is 2.25. The van der Waals surface area contributed by atoms with Gasteiger partial charge in [0.2, 0.25) is 0 Å². The van der Waals surface area contributed by atoms with Crippen molar-refractivity contribution in [3.63, 3.8) is 0 Å². The highest BCUT2D eigenvalue weighted by Crippen LogP contribution is 2.37. The molecule has 5 nitrogen and oxygen atoms in total. The van der Waals surface area contributed by atoms with E-state index in [0.717, 1.165) is 37.4 Å². The van der Waals surface area contributed by atoms with Crippen LogP contribution in [0.5, 0.6) is 0 Å². The van der Waals surface area contributed by atoms with Crippen molar-refractivity contribution in [3.8, 4) is 0 Å². The molecule has 2 aliphatic rings. The monoisotopic (exact) mass is 302 g/mol. The minimum atomic E-state index is -0.377. The van der Waals surface area contributed by atoms with E-state index in [1.165, 1.54) is 11.8 Å². The second kappa shape index (κ2) is 7.05. The number of fused-ring (bicyclic) bond motifs is 1. The number of hydrogen-bond acceptors (Lipinski definition) is 5. The van der Waals surface area contributed by atoms with Gasteiger partial charge in [0.05, 0.1) is 25.5 Å². The summed E-state index contributed by atoms with van der Waals surface area (Å²) < 4.78 is 5.33. The van der Waals surface area contributed by atoms with Gasteiger partial charge in [0, 0.05) is 31.1 Å². The van der Waals surface area contributed by atoms with Gasteiger partial charge in [0.1, 0.15) is 0 Å². The molecule has 2 atom stereocenters. The lowest BCUT2D eigenvalue weighted by atomic mass is 9.94. The maximum atomic E-state index is 10.4. The predicted molar refractivity (Wildman–Crippen MR) is 85.3 cm³/mol. The van der Waals surface area contributed by atoms with Crippen LogP contribution in [0.15, 0.2) is 35.5 Å². The third-order valence-electron chi connectivity index (χ3n) is 4.35. The molecule has 0 amide bonds. The molecule has 0 unspecified atom stereocenters. The second-order valence-electron chi connectivity index (χ2n) is 5.86. The van der Waals surface area contributed by atoms with Crippen molar-refractivity contribution < 1.29 is 15.1 Å². The first-order valence-corrected chi connectivity index (χ1v) is 7.74. The molecule has 1 aliphatic heterocycles. The molecule has 1 fully saturated rings. The van der Waals surface area contributed by atoms with E-state index >= 15 is 0 Å². The molecule has 1 aromatic rings. The van der Waals surface area contributed by atoms with Crippen LogP contribution in [0.1, 0.15) is 23.5 Å². The van der Waals surface area contributed by atoms with Gasteiger partial charge in [-0.05, 0) is 17.5 Å². The highest BCUT2D eigenvalue weighted by molar-refractivity contribution is 6.11. The fraction of sp³-hybridized carbons (Fsp3) is 0.471. The molecule has 1 aromatic carbocycles. The number of hydrogen-bond donors (Lipinski definition) is 2. The first kappa shape index (κ1) is 15.2. The Labute approximate surface area is 130 Å². The minimum Gasteiger partial charge on any atom is -0.411 e. The Morgan fingerprint density at radius 3 is 2.86 bits per heavy atom. The van der Waals surface area contributed by atoms with Crippen LogP contribution in [0, 0.1) is 0 Å². The van der Waals surface area contributed by atoms with Crippen LogP contribution in [0.4, 0.5) is 0 Å². The molecule has 0 spiro atoms. The van der Waals surface area contributed by atoms with Crippen molar-refractivity contribution in [2.24, 2.45) is 5.16 Å². The lowest BCUT2D eigenvalue weighted by molar-refractivity contribution is 0.0126. The quantitative estimate of drug-likeness (QED) is 0.494. The van der Waals surface area contributed by atoms with Gasteiger partial charge >= 0.3 is 0 Å². The molecule has 22 heavy (non-hydrogen) atoms. The number of aliphatic hydroxyl groups excluding tert-OH is 1. The first-order chi connectivity index (χ1) is 10.8.